The molecular weight excluding hydrogens is 629 g/mol. The van der Waals surface area contributed by atoms with Crippen molar-refractivity contribution in [2.24, 2.45) is 4.99 Å². The van der Waals surface area contributed by atoms with Gasteiger partial charge in [-0.05, 0) is 64.7 Å². The van der Waals surface area contributed by atoms with E-state index in [1.54, 1.807) is 0 Å². The predicted octanol–water partition coefficient (Wildman–Crippen LogP) is 11.2. The number of aliphatic imine (C=N–C) groups is 1. The van der Waals surface area contributed by atoms with E-state index >= 15 is 0 Å². The molecule has 0 spiro atoms. The van der Waals surface area contributed by atoms with Crippen LogP contribution in [0.3, 0.4) is 0 Å². The zero-order valence-electron chi connectivity index (χ0n) is 27.1. The van der Waals surface area contributed by atoms with Crippen molar-refractivity contribution < 1.29 is 0 Å². The van der Waals surface area contributed by atoms with Gasteiger partial charge < -0.3 is 9.88 Å². The van der Waals surface area contributed by atoms with Gasteiger partial charge in [0.15, 0.2) is 0 Å². The lowest BCUT2D eigenvalue weighted by Crippen LogP contribution is -2.44. The van der Waals surface area contributed by atoms with E-state index in [2.05, 4.69) is 179 Å². The van der Waals surface area contributed by atoms with E-state index in [0.717, 1.165) is 22.6 Å². The fourth-order valence-electron chi connectivity index (χ4n) is 7.47. The molecule has 9 aromatic rings. The molecule has 0 radical (unpaired) electrons. The fraction of sp³-hybridized carbons (Fsp3) is 0.0444. The van der Waals surface area contributed by atoms with Crippen molar-refractivity contribution in [1.82, 2.24) is 15.2 Å². The number of hydrogen-bond acceptors (Lipinski definition) is 4. The molecule has 50 heavy (non-hydrogen) atoms. The maximum Gasteiger partial charge on any atom is 0.131 e. The highest BCUT2D eigenvalue weighted by Gasteiger charge is 2.25. The highest BCUT2D eigenvalue weighted by Crippen LogP contribution is 2.44. The average molecular weight is 661 g/mol. The van der Waals surface area contributed by atoms with Crippen molar-refractivity contribution in [3.63, 3.8) is 0 Å². The van der Waals surface area contributed by atoms with Crippen LogP contribution in [0.25, 0.3) is 58.8 Å². The topological polar surface area (TPSA) is 41.4 Å². The minimum atomic E-state index is -0.171. The van der Waals surface area contributed by atoms with E-state index in [-0.39, 0.29) is 12.3 Å². The third-order valence-corrected chi connectivity index (χ3v) is 11.1. The first kappa shape index (κ1) is 29.0. The largest absolute Gasteiger partial charge is 0.350 e. The molecule has 1 aliphatic heterocycles. The summed E-state index contributed by atoms with van der Waals surface area (Å²) in [5, 5.41) is 12.6. The third-order valence-electron chi connectivity index (χ3n) is 9.89. The Morgan fingerprint density at radius 3 is 1.96 bits per heavy atom. The van der Waals surface area contributed by atoms with Crippen LogP contribution < -0.4 is 10.6 Å². The van der Waals surface area contributed by atoms with Crippen LogP contribution in [0.1, 0.15) is 29.0 Å². The summed E-state index contributed by atoms with van der Waals surface area (Å²) in [7, 11) is 0. The summed E-state index contributed by atoms with van der Waals surface area (Å²) in [6, 6.07) is 60.8. The minimum absolute atomic E-state index is 0.0777. The molecule has 2 N–H and O–H groups in total. The number of hydrogen-bond donors (Lipinski definition) is 2. The lowest BCUT2D eigenvalue weighted by atomic mass is 10.0. The molecule has 10 rings (SSSR count). The summed E-state index contributed by atoms with van der Waals surface area (Å²) in [5.74, 6) is 0.874. The van der Waals surface area contributed by atoms with Gasteiger partial charge in [0.2, 0.25) is 0 Å². The summed E-state index contributed by atoms with van der Waals surface area (Å²) in [4.78, 5) is 5.18. The molecular formula is C45H32N4S. The van der Waals surface area contributed by atoms with Gasteiger partial charge in [0.05, 0.1) is 11.0 Å². The van der Waals surface area contributed by atoms with Crippen molar-refractivity contribution in [3.8, 4) is 16.8 Å². The molecule has 0 amide bonds. The van der Waals surface area contributed by atoms with Gasteiger partial charge in [0.1, 0.15) is 18.2 Å². The number of rotatable bonds is 5. The number of fused-ring (bicyclic) bond motifs is 7. The number of aromatic nitrogens is 1. The van der Waals surface area contributed by atoms with Crippen molar-refractivity contribution in [3.05, 3.63) is 187 Å². The van der Waals surface area contributed by atoms with Crippen LogP contribution in [0, 0.1) is 0 Å². The molecule has 0 saturated heterocycles. The standard InChI is InChI=1S/C45H32N4S/c1-4-12-29(13-5-1)33-22-25-37-39(28-33)49(38-27-26-36-35-18-10-11-19-40(35)50-42(36)41(37)38)34-23-20-32(21-24-34)45-47-43(30-14-6-2-7-15-30)46-44(48-45)31-16-8-3-9-17-31/h1-28,43-44,46H,(H,47,48). The van der Waals surface area contributed by atoms with Crippen LogP contribution in [0.15, 0.2) is 175 Å². The monoisotopic (exact) mass is 660 g/mol. The van der Waals surface area contributed by atoms with E-state index in [4.69, 9.17) is 4.99 Å². The molecule has 0 saturated carbocycles. The first-order chi connectivity index (χ1) is 24.8. The number of nitrogens with one attached hydrogen (secondary N) is 2. The molecule has 1 aliphatic rings. The van der Waals surface area contributed by atoms with Gasteiger partial charge in [0, 0.05) is 42.2 Å². The highest BCUT2D eigenvalue weighted by atomic mass is 32.1. The highest BCUT2D eigenvalue weighted by molar-refractivity contribution is 7.26. The average Bonchev–Trinajstić information content (AvgIpc) is 3.74. The van der Waals surface area contributed by atoms with Crippen LogP contribution in [0.2, 0.25) is 0 Å². The lowest BCUT2D eigenvalue weighted by Gasteiger charge is -2.32. The zero-order valence-corrected chi connectivity index (χ0v) is 27.9. The summed E-state index contributed by atoms with van der Waals surface area (Å²) in [6.45, 7) is 0. The maximum absolute atomic E-state index is 5.18. The zero-order chi connectivity index (χ0) is 33.0. The van der Waals surface area contributed by atoms with Gasteiger partial charge in [-0.1, -0.05) is 127 Å². The van der Waals surface area contributed by atoms with Crippen molar-refractivity contribution in [2.75, 3.05) is 0 Å². The van der Waals surface area contributed by atoms with Crippen LogP contribution >= 0.6 is 11.3 Å². The van der Waals surface area contributed by atoms with Crippen molar-refractivity contribution >= 4 is 59.2 Å². The van der Waals surface area contributed by atoms with E-state index in [1.807, 2.05) is 17.4 Å². The molecule has 2 atom stereocenters. The van der Waals surface area contributed by atoms with Gasteiger partial charge in [-0.25, -0.2) is 4.99 Å². The Hall–Kier alpha value is -6.01. The van der Waals surface area contributed by atoms with Crippen LogP contribution in [0.4, 0.5) is 0 Å². The lowest BCUT2D eigenvalue weighted by molar-refractivity contribution is 0.409. The Bertz CT molecular complexity index is 2690. The summed E-state index contributed by atoms with van der Waals surface area (Å²) < 4.78 is 5.09. The van der Waals surface area contributed by atoms with E-state index in [0.29, 0.717) is 0 Å². The van der Waals surface area contributed by atoms with Crippen LogP contribution in [-0.4, -0.2) is 10.4 Å². The van der Waals surface area contributed by atoms with Gasteiger partial charge in [0.25, 0.3) is 0 Å². The quantitative estimate of drug-likeness (QED) is 0.193. The Morgan fingerprint density at radius 1 is 0.520 bits per heavy atom. The molecule has 3 heterocycles. The van der Waals surface area contributed by atoms with Gasteiger partial charge >= 0.3 is 0 Å². The SMILES string of the molecule is c1ccc(-c2ccc3c4c5sc6ccccc6c5ccc4n(-c4ccc(C5=NC(c6ccccc6)NC(c6ccccc6)N5)cc4)c3c2)cc1. The number of nitrogens with zero attached hydrogens (tertiary/aromatic N) is 2. The molecule has 2 aromatic heterocycles. The van der Waals surface area contributed by atoms with E-state index in [9.17, 15) is 0 Å². The number of benzene rings is 7. The normalized spacial score (nSPS) is 16.2. The van der Waals surface area contributed by atoms with Crippen molar-refractivity contribution in [1.29, 1.82) is 0 Å². The Balaban J connectivity index is 1.13. The van der Waals surface area contributed by atoms with Crippen molar-refractivity contribution in [2.45, 2.75) is 12.3 Å². The number of thiophene rings is 1. The second-order valence-electron chi connectivity index (χ2n) is 12.9. The van der Waals surface area contributed by atoms with Gasteiger partial charge in [-0.2, -0.15) is 0 Å². The number of amidine groups is 1. The molecule has 7 aromatic carbocycles. The molecule has 4 nitrogen and oxygen atoms in total. The maximum atomic E-state index is 5.18. The Labute approximate surface area is 294 Å². The van der Waals surface area contributed by atoms with E-state index < -0.39 is 0 Å². The first-order valence-electron chi connectivity index (χ1n) is 17.0. The minimum Gasteiger partial charge on any atom is -0.350 e. The Kier molecular flexibility index (Phi) is 6.86. The van der Waals surface area contributed by atoms with Gasteiger partial charge in [-0.3, -0.25) is 5.32 Å². The van der Waals surface area contributed by atoms with Crippen LogP contribution in [-0.2, 0) is 0 Å². The molecule has 0 bridgehead atoms. The van der Waals surface area contributed by atoms with E-state index in [1.165, 1.54) is 58.7 Å². The predicted molar refractivity (Wildman–Crippen MR) is 210 cm³/mol. The molecule has 5 heteroatoms. The van der Waals surface area contributed by atoms with Crippen LogP contribution in [0.5, 0.6) is 0 Å². The smallest absolute Gasteiger partial charge is 0.131 e. The fourth-order valence-corrected chi connectivity index (χ4v) is 8.73. The molecule has 238 valence electrons. The second kappa shape index (κ2) is 11.8. The Morgan fingerprint density at radius 2 is 1.18 bits per heavy atom. The summed E-state index contributed by atoms with van der Waals surface area (Å²) in [5.41, 5.74) is 9.30. The molecule has 0 fully saturated rings. The third kappa shape index (κ3) is 4.82. The summed E-state index contributed by atoms with van der Waals surface area (Å²) >= 11 is 1.89. The first-order valence-corrected chi connectivity index (χ1v) is 17.9. The molecule has 2 unspecified atom stereocenters. The molecule has 0 aliphatic carbocycles. The summed E-state index contributed by atoms with van der Waals surface area (Å²) in [6.07, 6.45) is -0.249. The van der Waals surface area contributed by atoms with Gasteiger partial charge in [-0.15, -0.1) is 11.3 Å². The second-order valence-corrected chi connectivity index (χ2v) is 13.9.